The van der Waals surface area contributed by atoms with Crippen molar-refractivity contribution in [2.75, 3.05) is 0 Å². The van der Waals surface area contributed by atoms with E-state index in [1.807, 2.05) is 0 Å². The molecule has 0 aromatic heterocycles. The molecule has 56 valence electrons. The summed E-state index contributed by atoms with van der Waals surface area (Å²) in [4.78, 5) is 16.4. The van der Waals surface area contributed by atoms with Crippen molar-refractivity contribution in [3.63, 3.8) is 0 Å². The van der Waals surface area contributed by atoms with Crippen LogP contribution in [0.3, 0.4) is 0 Å². The minimum Gasteiger partial charge on any atom is -0.870 e. The van der Waals surface area contributed by atoms with Crippen molar-refractivity contribution >= 4 is 17.4 Å². The molecule has 0 aliphatic carbocycles. The third kappa shape index (κ3) is 768. The second kappa shape index (κ2) is 43.6. The summed E-state index contributed by atoms with van der Waals surface area (Å²) >= 11 is 0. The van der Waals surface area contributed by atoms with E-state index in [1.165, 1.54) is 0 Å². The van der Waals surface area contributed by atoms with E-state index in [-0.39, 0.29) is 87.3 Å². The maximum Gasteiger partial charge on any atom is 1.00 e. The maximum atomic E-state index is 8.25. The molecule has 2 N–H and O–H groups in total. The van der Waals surface area contributed by atoms with Gasteiger partial charge < -0.3 is 20.8 Å². The van der Waals surface area contributed by atoms with Crippen LogP contribution in [0.1, 0.15) is 0 Å². The molecule has 0 fully saturated rings. The average Bonchev–Trinajstić information content (AvgIpc) is 1.33. The van der Waals surface area contributed by atoms with Crippen molar-refractivity contribution in [3.05, 3.63) is 25.4 Å². The monoisotopic (exact) mass is 202 g/mol. The fourth-order valence-corrected chi connectivity index (χ4v) is 0. The third-order valence-electron chi connectivity index (χ3n) is 0. The zero-order valence-corrected chi connectivity index (χ0v) is 9.44. The van der Waals surface area contributed by atoms with Crippen molar-refractivity contribution in [3.8, 4) is 0 Å². The molecule has 0 saturated carbocycles. The Morgan fingerprint density at radius 1 is 1.18 bits per heavy atom. The summed E-state index contributed by atoms with van der Waals surface area (Å²) in [7, 11) is 0. The van der Waals surface area contributed by atoms with Crippen LogP contribution in [-0.4, -0.2) is 27.9 Å². The van der Waals surface area contributed by atoms with Crippen LogP contribution in [0.5, 0.6) is 0 Å². The van der Waals surface area contributed by atoms with Crippen LogP contribution >= 0.6 is 0 Å². The topological polar surface area (TPSA) is 150 Å². The molecule has 0 heterocycles. The van der Waals surface area contributed by atoms with Gasteiger partial charge in [-0.25, -0.2) is 0 Å². The van der Waals surface area contributed by atoms with Crippen molar-refractivity contribution in [2.45, 2.75) is 0 Å². The van der Waals surface area contributed by atoms with Crippen molar-refractivity contribution in [2.24, 2.45) is 0 Å². The van der Waals surface area contributed by atoms with Crippen LogP contribution in [0.4, 0.5) is 0 Å². The Balaban J connectivity index is -0.00000000848. The Hall–Kier alpha value is 1.09. The van der Waals surface area contributed by atoms with E-state index in [0.29, 0.717) is 0 Å². The van der Waals surface area contributed by atoms with Gasteiger partial charge in [-0.3, -0.25) is 10.1 Å². The Kier molecular flexibility index (Phi) is 159. The molecule has 0 spiro atoms. The van der Waals surface area contributed by atoms with Gasteiger partial charge in [0, 0.05) is 5.34 Å². The van der Waals surface area contributed by atoms with Crippen LogP contribution in [0.15, 0.2) is 0 Å². The van der Waals surface area contributed by atoms with E-state index in [0.717, 1.165) is 0 Å². The second-order valence-electron chi connectivity index (χ2n) is 0.307. The van der Waals surface area contributed by atoms with Crippen LogP contribution in [0, 0.1) is 25.4 Å². The fourth-order valence-electron chi connectivity index (χ4n) is 0. The van der Waals surface area contributed by atoms with E-state index in [1.54, 1.807) is 0 Å². The molecule has 0 aromatic rings. The maximum absolute atomic E-state index is 8.25. The van der Waals surface area contributed by atoms with Crippen LogP contribution in [0.25, 0.3) is 0 Å². The minimum absolute atomic E-state index is 0. The molecule has 11 heteroatoms. The van der Waals surface area contributed by atoms with Gasteiger partial charge in [0.1, 0.15) is 0 Å². The molecule has 0 aromatic carbocycles. The van der Waals surface area contributed by atoms with Gasteiger partial charge in [0.2, 0.25) is 0 Å². The van der Waals surface area contributed by atoms with Gasteiger partial charge in [0.15, 0.2) is 17.4 Å². The van der Waals surface area contributed by atoms with Gasteiger partial charge in [0.05, 0.1) is 5.09 Å². The molecule has 0 unspecified atom stereocenters. The number of nitrogens with one attached hydrogen (secondary N) is 1. The Morgan fingerprint density at radius 3 is 1.18 bits per heavy atom. The first-order chi connectivity index (χ1) is 3.15. The van der Waals surface area contributed by atoms with Crippen LogP contribution in [0.2, 0.25) is 0 Å². The second-order valence-corrected chi connectivity index (χ2v) is 0.307. The van der Waals surface area contributed by atoms with Gasteiger partial charge in [0.25, 0.3) is 0 Å². The third-order valence-corrected chi connectivity index (χ3v) is 0. The number of hydrogen-bond donors (Lipinski definition) is 1. The summed E-state index contributed by atoms with van der Waals surface area (Å²) in [6.07, 6.45) is 0. The first kappa shape index (κ1) is 40.1. The number of hydrogen-bond acceptors (Lipinski definition) is 6. The number of rotatable bonds is 0. The molecule has 0 radical (unpaired) electrons. The SMILES string of the molecule is O=[N+]([O-])[O-].O=[NH+][O-].[AlH3].[Na+].[Na+].[OH-]. The Morgan fingerprint density at radius 2 is 1.18 bits per heavy atom. The van der Waals surface area contributed by atoms with Gasteiger partial charge in [-0.1, -0.05) is 0 Å². The van der Waals surface area contributed by atoms with E-state index >= 15 is 0 Å². The molecule has 0 rings (SSSR count). The molecule has 0 aliphatic heterocycles. The molecule has 0 atom stereocenters. The Bertz CT molecular complexity index is 65.6. The normalized spacial score (nSPS) is 3.27. The molecule has 0 saturated heterocycles. The van der Waals surface area contributed by atoms with Crippen molar-refractivity contribution < 1.29 is 75.0 Å². The summed E-state index contributed by atoms with van der Waals surface area (Å²) in [5, 5.41) is 23.1. The van der Waals surface area contributed by atoms with E-state index in [2.05, 4.69) is 0 Å². The molecule has 0 aliphatic rings. The molecule has 8 nitrogen and oxygen atoms in total. The van der Waals surface area contributed by atoms with Crippen molar-refractivity contribution in [1.29, 1.82) is 0 Å². The minimum atomic E-state index is -1.75. The molecular weight excluding hydrogens is 197 g/mol. The molecule has 0 bridgehead atoms. The van der Waals surface area contributed by atoms with Crippen molar-refractivity contribution in [1.82, 2.24) is 0 Å². The summed E-state index contributed by atoms with van der Waals surface area (Å²) in [6, 6.07) is 0. The predicted molar refractivity (Wildman–Crippen MR) is 29.9 cm³/mol. The standard InChI is InChI=1S/Al.NO3.HNO2.2Na.H2O.3H/c;2-1(3)4;2-1-3;;;;;;/h;;1H;;;1H2;;;/q;-1;;2*+1;;;;/p-1. The summed E-state index contributed by atoms with van der Waals surface area (Å²) in [5.74, 6) is 0. The first-order valence-corrected chi connectivity index (χ1v) is 0.956. The van der Waals surface area contributed by atoms with Crippen LogP contribution < -0.4 is 64.5 Å². The van der Waals surface area contributed by atoms with E-state index < -0.39 is 5.09 Å². The van der Waals surface area contributed by atoms with Gasteiger partial charge in [-0.2, -0.15) is 0 Å². The van der Waals surface area contributed by atoms with E-state index in [9.17, 15) is 0 Å². The molecule has 0 amide bonds. The zero-order valence-electron chi connectivity index (χ0n) is 5.44. The van der Waals surface area contributed by atoms with Gasteiger partial charge in [-0.05, 0) is 0 Å². The largest absolute Gasteiger partial charge is 1.00 e. The van der Waals surface area contributed by atoms with Gasteiger partial charge in [-0.15, -0.1) is 0 Å². The summed E-state index contributed by atoms with van der Waals surface area (Å²) in [6.45, 7) is 0. The first-order valence-electron chi connectivity index (χ1n) is 0.956. The van der Waals surface area contributed by atoms with Gasteiger partial charge >= 0.3 is 59.1 Å². The quantitative estimate of drug-likeness (QED) is 0.234. The zero-order chi connectivity index (χ0) is 6.28. The average molecular weight is 202 g/mol. The smallest absolute Gasteiger partial charge is 0.870 e. The Labute approximate surface area is 116 Å². The van der Waals surface area contributed by atoms with E-state index in [4.69, 9.17) is 25.4 Å². The predicted octanol–water partition coefficient (Wildman–Crippen LogP) is -9.26. The summed E-state index contributed by atoms with van der Waals surface area (Å²) < 4.78 is 0. The van der Waals surface area contributed by atoms with Crippen LogP contribution in [-0.2, 0) is 0 Å². The molecule has 11 heavy (non-hydrogen) atoms. The molecular formula is H5AlN2Na2O6. The number of nitrogens with zero attached hydrogens (tertiary/aromatic N) is 1. The summed E-state index contributed by atoms with van der Waals surface area (Å²) in [5.41, 5.74) is 0. The fraction of sp³-hybridized carbons (Fsp3) is 0.